The Bertz CT molecular complexity index is 192. The lowest BCUT2D eigenvalue weighted by atomic mass is 9.77. The van der Waals surface area contributed by atoms with Crippen LogP contribution in [0.4, 0.5) is 4.79 Å². The Labute approximate surface area is 107 Å². The Morgan fingerprint density at radius 2 is 1.47 bits per heavy atom. The van der Waals surface area contributed by atoms with E-state index in [9.17, 15) is 4.79 Å². The van der Waals surface area contributed by atoms with Crippen molar-refractivity contribution >= 4 is 6.03 Å². The van der Waals surface area contributed by atoms with Crippen LogP contribution in [0.25, 0.3) is 0 Å². The molecule has 0 aliphatic rings. The van der Waals surface area contributed by atoms with Gasteiger partial charge in [-0.1, -0.05) is 53.4 Å². The van der Waals surface area contributed by atoms with E-state index in [1.807, 2.05) is 0 Å². The number of rotatable bonds is 9. The van der Waals surface area contributed by atoms with Gasteiger partial charge in [-0.05, 0) is 18.3 Å². The molecule has 0 aromatic carbocycles. The van der Waals surface area contributed by atoms with Crippen LogP contribution in [0.3, 0.4) is 0 Å². The first kappa shape index (κ1) is 16.3. The van der Waals surface area contributed by atoms with Crippen LogP contribution in [-0.4, -0.2) is 19.1 Å². The lowest BCUT2D eigenvalue weighted by Crippen LogP contribution is -2.38. The number of unbranched alkanes of at least 4 members (excludes halogenated alkanes) is 1. The van der Waals surface area contributed by atoms with Crippen molar-refractivity contribution < 1.29 is 4.79 Å². The summed E-state index contributed by atoms with van der Waals surface area (Å²) in [5, 5.41) is 5.82. The molecule has 3 nitrogen and oxygen atoms in total. The number of urea groups is 1. The molecule has 0 heterocycles. The zero-order valence-electron chi connectivity index (χ0n) is 12.1. The fourth-order valence-corrected chi connectivity index (χ4v) is 2.16. The first-order valence-corrected chi connectivity index (χ1v) is 7.15. The van der Waals surface area contributed by atoms with Crippen molar-refractivity contribution in [3.05, 3.63) is 0 Å². The van der Waals surface area contributed by atoms with Gasteiger partial charge in [0.2, 0.25) is 0 Å². The van der Waals surface area contributed by atoms with Crippen LogP contribution < -0.4 is 10.6 Å². The minimum absolute atomic E-state index is 0.0179. The summed E-state index contributed by atoms with van der Waals surface area (Å²) in [6.07, 6.45) is 6.83. The van der Waals surface area contributed by atoms with Crippen molar-refractivity contribution in [2.45, 2.75) is 66.2 Å². The van der Waals surface area contributed by atoms with Gasteiger partial charge in [-0.3, -0.25) is 0 Å². The highest BCUT2D eigenvalue weighted by molar-refractivity contribution is 5.73. The van der Waals surface area contributed by atoms with Gasteiger partial charge in [-0.2, -0.15) is 0 Å². The first-order chi connectivity index (χ1) is 8.14. The predicted molar refractivity (Wildman–Crippen MR) is 74.2 cm³/mol. The van der Waals surface area contributed by atoms with Gasteiger partial charge in [0.05, 0.1) is 0 Å². The van der Waals surface area contributed by atoms with E-state index in [2.05, 4.69) is 38.3 Å². The van der Waals surface area contributed by atoms with E-state index >= 15 is 0 Å². The molecular weight excluding hydrogens is 212 g/mol. The molecule has 0 aromatic heterocycles. The summed E-state index contributed by atoms with van der Waals surface area (Å²) in [6, 6.07) is -0.0179. The molecule has 0 aromatic rings. The lowest BCUT2D eigenvalue weighted by molar-refractivity contribution is 0.217. The van der Waals surface area contributed by atoms with Crippen LogP contribution >= 0.6 is 0 Å². The Kier molecular flexibility index (Phi) is 8.92. The number of amides is 2. The van der Waals surface area contributed by atoms with E-state index in [4.69, 9.17) is 0 Å². The van der Waals surface area contributed by atoms with Crippen LogP contribution in [0.2, 0.25) is 0 Å². The van der Waals surface area contributed by atoms with Crippen molar-refractivity contribution in [1.29, 1.82) is 0 Å². The van der Waals surface area contributed by atoms with E-state index < -0.39 is 0 Å². The molecule has 0 fully saturated rings. The number of nitrogens with one attached hydrogen (secondary N) is 2. The van der Waals surface area contributed by atoms with E-state index in [0.29, 0.717) is 5.41 Å². The second-order valence-corrected chi connectivity index (χ2v) is 4.85. The van der Waals surface area contributed by atoms with Gasteiger partial charge < -0.3 is 10.6 Å². The number of carbonyl (C=O) groups excluding carboxylic acids is 1. The SMILES string of the molecule is CCCCNC(=O)NCCC(CC)(CC)CC. The molecule has 0 rings (SSSR count). The Balaban J connectivity index is 3.77. The van der Waals surface area contributed by atoms with Crippen molar-refractivity contribution in [1.82, 2.24) is 10.6 Å². The highest BCUT2D eigenvalue weighted by Crippen LogP contribution is 2.33. The van der Waals surface area contributed by atoms with Gasteiger partial charge in [0.25, 0.3) is 0 Å². The normalized spacial score (nSPS) is 11.3. The zero-order chi connectivity index (χ0) is 13.1. The molecule has 17 heavy (non-hydrogen) atoms. The molecule has 2 amide bonds. The summed E-state index contributed by atoms with van der Waals surface area (Å²) in [7, 11) is 0. The summed E-state index contributed by atoms with van der Waals surface area (Å²) in [5.74, 6) is 0. The minimum Gasteiger partial charge on any atom is -0.338 e. The highest BCUT2D eigenvalue weighted by atomic mass is 16.2. The monoisotopic (exact) mass is 242 g/mol. The maximum absolute atomic E-state index is 11.4. The molecule has 0 atom stereocenters. The fourth-order valence-electron chi connectivity index (χ4n) is 2.16. The third-order valence-electron chi connectivity index (χ3n) is 4.01. The number of hydrogen-bond donors (Lipinski definition) is 2. The fraction of sp³-hybridized carbons (Fsp3) is 0.929. The Morgan fingerprint density at radius 1 is 0.941 bits per heavy atom. The smallest absolute Gasteiger partial charge is 0.314 e. The van der Waals surface area contributed by atoms with Crippen LogP contribution in [0.5, 0.6) is 0 Å². The summed E-state index contributed by atoms with van der Waals surface area (Å²) in [6.45, 7) is 10.4. The van der Waals surface area contributed by atoms with Crippen molar-refractivity contribution in [2.24, 2.45) is 5.41 Å². The van der Waals surface area contributed by atoms with Gasteiger partial charge in [0.15, 0.2) is 0 Å². The first-order valence-electron chi connectivity index (χ1n) is 7.15. The third kappa shape index (κ3) is 6.54. The van der Waals surface area contributed by atoms with Gasteiger partial charge in [-0.15, -0.1) is 0 Å². The predicted octanol–water partition coefficient (Wildman–Crippen LogP) is 3.69. The van der Waals surface area contributed by atoms with Crippen LogP contribution in [-0.2, 0) is 0 Å². The topological polar surface area (TPSA) is 41.1 Å². The standard InChI is InChI=1S/C14H30N2O/c1-5-9-11-15-13(17)16-12-10-14(6-2,7-3)8-4/h5-12H2,1-4H3,(H2,15,16,17). The quantitative estimate of drug-likeness (QED) is 0.595. The van der Waals surface area contributed by atoms with E-state index in [0.717, 1.165) is 32.4 Å². The molecule has 2 N–H and O–H groups in total. The molecule has 0 bridgehead atoms. The number of carbonyl (C=O) groups is 1. The summed E-state index contributed by atoms with van der Waals surface area (Å²) in [4.78, 5) is 11.4. The van der Waals surface area contributed by atoms with Gasteiger partial charge in [-0.25, -0.2) is 4.79 Å². The zero-order valence-corrected chi connectivity index (χ0v) is 12.1. The second kappa shape index (κ2) is 9.32. The van der Waals surface area contributed by atoms with E-state index in [1.54, 1.807) is 0 Å². The third-order valence-corrected chi connectivity index (χ3v) is 4.01. The molecule has 0 unspecified atom stereocenters. The largest absolute Gasteiger partial charge is 0.338 e. The Morgan fingerprint density at radius 3 is 1.94 bits per heavy atom. The van der Waals surface area contributed by atoms with E-state index in [1.165, 1.54) is 19.3 Å². The average molecular weight is 242 g/mol. The summed E-state index contributed by atoms with van der Waals surface area (Å²) < 4.78 is 0. The maximum Gasteiger partial charge on any atom is 0.314 e. The van der Waals surface area contributed by atoms with Crippen molar-refractivity contribution in [2.75, 3.05) is 13.1 Å². The minimum atomic E-state index is -0.0179. The van der Waals surface area contributed by atoms with Crippen LogP contribution in [0.15, 0.2) is 0 Å². The molecule has 102 valence electrons. The molecule has 0 spiro atoms. The van der Waals surface area contributed by atoms with Gasteiger partial charge >= 0.3 is 6.03 Å². The molecule has 3 heteroatoms. The van der Waals surface area contributed by atoms with E-state index in [-0.39, 0.29) is 6.03 Å². The van der Waals surface area contributed by atoms with Crippen molar-refractivity contribution in [3.8, 4) is 0 Å². The molecule has 0 aliphatic carbocycles. The van der Waals surface area contributed by atoms with Gasteiger partial charge in [0, 0.05) is 13.1 Å². The van der Waals surface area contributed by atoms with Crippen molar-refractivity contribution in [3.63, 3.8) is 0 Å². The van der Waals surface area contributed by atoms with Gasteiger partial charge in [0.1, 0.15) is 0 Å². The molecule has 0 saturated carbocycles. The van der Waals surface area contributed by atoms with Crippen LogP contribution in [0, 0.1) is 5.41 Å². The molecule has 0 aliphatic heterocycles. The lowest BCUT2D eigenvalue weighted by Gasteiger charge is -2.30. The number of hydrogen-bond acceptors (Lipinski definition) is 1. The summed E-state index contributed by atoms with van der Waals surface area (Å²) in [5.41, 5.74) is 0.413. The average Bonchev–Trinajstić information content (AvgIpc) is 2.36. The second-order valence-electron chi connectivity index (χ2n) is 4.85. The van der Waals surface area contributed by atoms with Crippen LogP contribution in [0.1, 0.15) is 66.2 Å². The highest BCUT2D eigenvalue weighted by Gasteiger charge is 2.23. The molecular formula is C14H30N2O. The maximum atomic E-state index is 11.4. The molecule has 0 radical (unpaired) electrons. The summed E-state index contributed by atoms with van der Waals surface area (Å²) >= 11 is 0. The Hall–Kier alpha value is -0.730. The molecule has 0 saturated heterocycles.